The molecule has 1 N–H and O–H groups in total. The predicted molar refractivity (Wildman–Crippen MR) is 53.8 cm³/mol. The Bertz CT molecular complexity index is 479. The Morgan fingerprint density at radius 1 is 1.47 bits per heavy atom. The summed E-state index contributed by atoms with van der Waals surface area (Å²) in [6.45, 7) is 0.406. The molecule has 0 atom stereocenters. The number of carboxylic acid groups (broad SMARTS) is 1. The first-order valence-electron chi connectivity index (χ1n) is 4.71. The third kappa shape index (κ3) is 1.11. The number of hydrogen-bond donors (Lipinski definition) is 1. The van der Waals surface area contributed by atoms with Crippen molar-refractivity contribution in [2.45, 2.75) is 6.42 Å². The van der Waals surface area contributed by atoms with E-state index >= 15 is 0 Å². The summed E-state index contributed by atoms with van der Waals surface area (Å²) < 4.78 is 5.44. The van der Waals surface area contributed by atoms with Crippen molar-refractivity contribution >= 4 is 11.7 Å². The summed E-state index contributed by atoms with van der Waals surface area (Å²) in [5, 5.41) is 8.96. The summed E-state index contributed by atoms with van der Waals surface area (Å²) in [6.07, 6.45) is 2.12. The lowest BCUT2D eigenvalue weighted by Gasteiger charge is -2.21. The van der Waals surface area contributed by atoms with Crippen LogP contribution in [0.15, 0.2) is 30.0 Å². The molecule has 4 nitrogen and oxygen atoms in total. The van der Waals surface area contributed by atoms with Crippen LogP contribution < -0.4 is 9.64 Å². The van der Waals surface area contributed by atoms with Gasteiger partial charge in [-0.25, -0.2) is 4.79 Å². The van der Waals surface area contributed by atoms with E-state index in [1.54, 1.807) is 6.20 Å². The molecule has 4 heteroatoms. The van der Waals surface area contributed by atoms with Gasteiger partial charge in [-0.1, -0.05) is 12.1 Å². The lowest BCUT2D eigenvalue weighted by atomic mass is 10.00. The first-order valence-corrected chi connectivity index (χ1v) is 4.71. The van der Waals surface area contributed by atoms with E-state index in [4.69, 9.17) is 9.84 Å². The Morgan fingerprint density at radius 2 is 2.33 bits per heavy atom. The SMILES string of the molecule is O=C(O)C1=CN2COc3cccc(c32)C1. The molecule has 3 rings (SSSR count). The highest BCUT2D eigenvalue weighted by atomic mass is 16.5. The van der Waals surface area contributed by atoms with Crippen molar-refractivity contribution in [1.29, 1.82) is 0 Å². The summed E-state index contributed by atoms with van der Waals surface area (Å²) in [6, 6.07) is 5.73. The molecule has 0 amide bonds. The number of ether oxygens (including phenoxy) is 1. The molecule has 0 aliphatic carbocycles. The molecule has 0 aromatic heterocycles. The topological polar surface area (TPSA) is 49.8 Å². The Kier molecular flexibility index (Phi) is 1.54. The molecule has 15 heavy (non-hydrogen) atoms. The van der Waals surface area contributed by atoms with Gasteiger partial charge in [0.05, 0.1) is 11.3 Å². The molecule has 0 saturated carbocycles. The average molecular weight is 203 g/mol. The molecule has 0 radical (unpaired) electrons. The Hall–Kier alpha value is -1.97. The van der Waals surface area contributed by atoms with E-state index in [2.05, 4.69) is 0 Å². The quantitative estimate of drug-likeness (QED) is 0.748. The third-order valence-corrected chi connectivity index (χ3v) is 2.70. The van der Waals surface area contributed by atoms with Gasteiger partial charge in [0.2, 0.25) is 0 Å². The molecule has 76 valence electrons. The van der Waals surface area contributed by atoms with Crippen LogP contribution in [0.1, 0.15) is 5.56 Å². The zero-order valence-corrected chi connectivity index (χ0v) is 7.93. The predicted octanol–water partition coefficient (Wildman–Crippen LogP) is 1.37. The summed E-state index contributed by atoms with van der Waals surface area (Å²) in [4.78, 5) is 12.8. The smallest absolute Gasteiger partial charge is 0.333 e. The van der Waals surface area contributed by atoms with E-state index in [1.165, 1.54) is 0 Å². The van der Waals surface area contributed by atoms with Crippen molar-refractivity contribution in [2.75, 3.05) is 11.6 Å². The molecule has 2 aliphatic heterocycles. The van der Waals surface area contributed by atoms with Gasteiger partial charge in [-0.15, -0.1) is 0 Å². The van der Waals surface area contributed by atoms with Crippen LogP contribution in [0.5, 0.6) is 5.75 Å². The lowest BCUT2D eigenvalue weighted by molar-refractivity contribution is -0.132. The van der Waals surface area contributed by atoms with Crippen molar-refractivity contribution in [3.63, 3.8) is 0 Å². The standard InChI is InChI=1S/C11H9NO3/c13-11(14)8-4-7-2-1-3-9-10(7)12(5-8)6-15-9/h1-3,5H,4,6H2,(H,13,14). The summed E-state index contributed by atoms with van der Waals surface area (Å²) in [5.74, 6) is -0.0221. The van der Waals surface area contributed by atoms with Gasteiger partial charge in [0.1, 0.15) is 5.75 Å². The number of hydrogen-bond acceptors (Lipinski definition) is 3. The summed E-state index contributed by atoms with van der Waals surface area (Å²) >= 11 is 0. The summed E-state index contributed by atoms with van der Waals surface area (Å²) in [5.41, 5.74) is 2.44. The molecule has 0 unspecified atom stereocenters. The minimum absolute atomic E-state index is 0.406. The minimum atomic E-state index is -0.863. The number of carboxylic acids is 1. The largest absolute Gasteiger partial charge is 0.478 e. The third-order valence-electron chi connectivity index (χ3n) is 2.70. The van der Waals surface area contributed by atoms with Crippen LogP contribution in [0.3, 0.4) is 0 Å². The fourth-order valence-electron chi connectivity index (χ4n) is 2.03. The molecule has 0 saturated heterocycles. The van der Waals surface area contributed by atoms with Crippen molar-refractivity contribution < 1.29 is 14.6 Å². The molecule has 1 aromatic carbocycles. The van der Waals surface area contributed by atoms with Gasteiger partial charge >= 0.3 is 5.97 Å². The van der Waals surface area contributed by atoms with Crippen LogP contribution in [0.2, 0.25) is 0 Å². The number of nitrogens with zero attached hydrogens (tertiary/aromatic N) is 1. The van der Waals surface area contributed by atoms with Crippen LogP contribution in [-0.2, 0) is 11.2 Å². The highest BCUT2D eigenvalue weighted by Gasteiger charge is 2.28. The van der Waals surface area contributed by atoms with Crippen LogP contribution in [0, 0.1) is 0 Å². The monoisotopic (exact) mass is 203 g/mol. The van der Waals surface area contributed by atoms with E-state index in [-0.39, 0.29) is 0 Å². The number of para-hydroxylation sites is 1. The number of anilines is 1. The van der Waals surface area contributed by atoms with E-state index in [0.29, 0.717) is 18.7 Å². The molecule has 2 aliphatic rings. The Balaban J connectivity index is 2.13. The van der Waals surface area contributed by atoms with Gasteiger partial charge in [0, 0.05) is 12.6 Å². The van der Waals surface area contributed by atoms with Gasteiger partial charge in [-0.2, -0.15) is 0 Å². The van der Waals surface area contributed by atoms with Gasteiger partial charge in [-0.3, -0.25) is 0 Å². The van der Waals surface area contributed by atoms with Gasteiger partial charge in [0.25, 0.3) is 0 Å². The van der Waals surface area contributed by atoms with Crippen molar-refractivity contribution in [3.8, 4) is 5.75 Å². The highest BCUT2D eigenvalue weighted by molar-refractivity contribution is 5.90. The minimum Gasteiger partial charge on any atom is -0.478 e. The maximum atomic E-state index is 10.9. The number of benzene rings is 1. The maximum Gasteiger partial charge on any atom is 0.333 e. The van der Waals surface area contributed by atoms with Crippen LogP contribution in [-0.4, -0.2) is 17.8 Å². The van der Waals surface area contributed by atoms with E-state index in [9.17, 15) is 4.79 Å². The fraction of sp³-hybridized carbons (Fsp3) is 0.182. The zero-order valence-electron chi connectivity index (χ0n) is 7.93. The van der Waals surface area contributed by atoms with Gasteiger partial charge < -0.3 is 14.7 Å². The Morgan fingerprint density at radius 3 is 3.13 bits per heavy atom. The fourth-order valence-corrected chi connectivity index (χ4v) is 2.03. The van der Waals surface area contributed by atoms with E-state index in [1.807, 2.05) is 23.1 Å². The number of carbonyl (C=O) groups is 1. The van der Waals surface area contributed by atoms with E-state index < -0.39 is 5.97 Å². The molecule has 0 bridgehead atoms. The molecule has 0 spiro atoms. The van der Waals surface area contributed by atoms with Crippen molar-refractivity contribution in [1.82, 2.24) is 0 Å². The van der Waals surface area contributed by atoms with Crippen molar-refractivity contribution in [2.24, 2.45) is 0 Å². The second-order valence-corrected chi connectivity index (χ2v) is 3.64. The second-order valence-electron chi connectivity index (χ2n) is 3.64. The van der Waals surface area contributed by atoms with Crippen LogP contribution in [0.4, 0.5) is 5.69 Å². The molecular weight excluding hydrogens is 194 g/mol. The molecule has 2 heterocycles. The van der Waals surface area contributed by atoms with E-state index in [0.717, 1.165) is 17.0 Å². The highest BCUT2D eigenvalue weighted by Crippen LogP contribution is 2.41. The second kappa shape index (κ2) is 2.76. The Labute approximate surface area is 86.4 Å². The van der Waals surface area contributed by atoms with Crippen LogP contribution in [0.25, 0.3) is 0 Å². The molecular formula is C11H9NO3. The van der Waals surface area contributed by atoms with Gasteiger partial charge in [0.15, 0.2) is 6.73 Å². The first kappa shape index (κ1) is 8.35. The lowest BCUT2D eigenvalue weighted by Crippen LogP contribution is -2.22. The van der Waals surface area contributed by atoms with Crippen LogP contribution >= 0.6 is 0 Å². The number of rotatable bonds is 1. The normalized spacial score (nSPS) is 16.8. The zero-order chi connectivity index (χ0) is 10.4. The molecule has 1 aromatic rings. The molecule has 0 fully saturated rings. The van der Waals surface area contributed by atoms with Crippen molar-refractivity contribution in [3.05, 3.63) is 35.5 Å². The average Bonchev–Trinajstić information content (AvgIpc) is 2.64. The first-order chi connectivity index (χ1) is 7.25. The number of aliphatic carboxylic acids is 1. The van der Waals surface area contributed by atoms with Gasteiger partial charge in [-0.05, 0) is 11.6 Å². The summed E-state index contributed by atoms with van der Waals surface area (Å²) in [7, 11) is 0. The maximum absolute atomic E-state index is 10.9.